The summed E-state index contributed by atoms with van der Waals surface area (Å²) in [4.78, 5) is 26.4. The van der Waals surface area contributed by atoms with Gasteiger partial charge in [-0.1, -0.05) is 0 Å². The summed E-state index contributed by atoms with van der Waals surface area (Å²) in [5.41, 5.74) is 0. The summed E-state index contributed by atoms with van der Waals surface area (Å²) in [6.07, 6.45) is 3.97. The first-order valence-corrected chi connectivity index (χ1v) is 10.8. The molecule has 0 aromatic heterocycles. The van der Waals surface area contributed by atoms with Crippen LogP contribution in [-0.2, 0) is 24.3 Å². The Kier molecular flexibility index (Phi) is 6.85. The molecule has 2 rings (SSSR count). The molecule has 2 unspecified atom stereocenters. The van der Waals surface area contributed by atoms with E-state index in [4.69, 9.17) is 4.74 Å². The number of esters is 1. The molecule has 0 radical (unpaired) electrons. The van der Waals surface area contributed by atoms with Crippen molar-refractivity contribution in [1.82, 2.24) is 9.21 Å². The van der Waals surface area contributed by atoms with Crippen molar-refractivity contribution in [2.45, 2.75) is 65.0 Å². The van der Waals surface area contributed by atoms with Gasteiger partial charge in [0.25, 0.3) is 5.91 Å². The van der Waals surface area contributed by atoms with Gasteiger partial charge in [-0.3, -0.25) is 9.59 Å². The number of hydrogen-bond donors (Lipinski definition) is 0. The number of hydrogen-bond acceptors (Lipinski definition) is 5. The van der Waals surface area contributed by atoms with Gasteiger partial charge in [0.15, 0.2) is 6.61 Å². The summed E-state index contributed by atoms with van der Waals surface area (Å²) in [7, 11) is -3.20. The van der Waals surface area contributed by atoms with Crippen LogP contribution in [0.1, 0.15) is 52.9 Å². The van der Waals surface area contributed by atoms with E-state index in [0.29, 0.717) is 25.9 Å². The first kappa shape index (κ1) is 20.2. The molecule has 2 aliphatic heterocycles. The Labute approximate surface area is 150 Å². The molecule has 0 saturated carbocycles. The average molecular weight is 375 g/mol. The molecule has 8 heteroatoms. The minimum absolute atomic E-state index is 0.0722. The van der Waals surface area contributed by atoms with Crippen LogP contribution in [0.5, 0.6) is 0 Å². The largest absolute Gasteiger partial charge is 0.455 e. The molecule has 0 bridgehead atoms. The molecule has 0 spiro atoms. The Morgan fingerprint density at radius 2 is 1.60 bits per heavy atom. The van der Waals surface area contributed by atoms with Gasteiger partial charge in [-0.25, -0.2) is 12.7 Å². The number of sulfonamides is 1. The molecule has 7 nitrogen and oxygen atoms in total. The number of amides is 1. The van der Waals surface area contributed by atoms with E-state index < -0.39 is 10.0 Å². The second-order valence-corrected chi connectivity index (χ2v) is 9.37. The van der Waals surface area contributed by atoms with Crippen molar-refractivity contribution >= 4 is 21.9 Å². The summed E-state index contributed by atoms with van der Waals surface area (Å²) >= 11 is 0. The number of nitrogens with zero attached hydrogens (tertiary/aromatic N) is 2. The van der Waals surface area contributed by atoms with Crippen LogP contribution in [0.15, 0.2) is 0 Å². The van der Waals surface area contributed by atoms with Gasteiger partial charge in [0.05, 0.1) is 11.7 Å². The summed E-state index contributed by atoms with van der Waals surface area (Å²) in [5, 5.41) is 0. The highest BCUT2D eigenvalue weighted by molar-refractivity contribution is 7.89. The lowest BCUT2D eigenvalue weighted by molar-refractivity contribution is -0.158. The van der Waals surface area contributed by atoms with Crippen molar-refractivity contribution in [1.29, 1.82) is 0 Å². The molecule has 1 amide bonds. The molecule has 0 N–H and O–H groups in total. The van der Waals surface area contributed by atoms with Crippen LogP contribution >= 0.6 is 0 Å². The fraction of sp³-hybridized carbons (Fsp3) is 0.882. The van der Waals surface area contributed by atoms with Crippen LogP contribution in [-0.4, -0.2) is 67.0 Å². The lowest BCUT2D eigenvalue weighted by atomic mass is 9.97. The summed E-state index contributed by atoms with van der Waals surface area (Å²) in [6, 6.07) is 0.356. The molecule has 2 heterocycles. The monoisotopic (exact) mass is 374 g/mol. The maximum absolute atomic E-state index is 12.4. The molecular formula is C17H30N2O5S. The van der Waals surface area contributed by atoms with Crippen molar-refractivity contribution < 1.29 is 22.7 Å². The smallest absolute Gasteiger partial charge is 0.309 e. The van der Waals surface area contributed by atoms with E-state index in [1.807, 2.05) is 18.7 Å². The third kappa shape index (κ3) is 4.94. The lowest BCUT2D eigenvalue weighted by Gasteiger charge is -2.39. The standard InChI is InChI=1S/C17H30N2O5S/c1-4-25(22,23)18-10-8-15(9-11-18)17(21)24-12-16(20)19-13(2)6-5-7-14(19)3/h13-15H,4-12H2,1-3H3. The van der Waals surface area contributed by atoms with E-state index in [2.05, 4.69) is 0 Å². The highest BCUT2D eigenvalue weighted by Crippen LogP contribution is 2.24. The Bertz CT molecular complexity index is 574. The fourth-order valence-electron chi connectivity index (χ4n) is 3.79. The van der Waals surface area contributed by atoms with Crippen molar-refractivity contribution in [3.05, 3.63) is 0 Å². The van der Waals surface area contributed by atoms with Crippen LogP contribution < -0.4 is 0 Å². The minimum Gasteiger partial charge on any atom is -0.455 e. The van der Waals surface area contributed by atoms with E-state index in [1.54, 1.807) is 6.92 Å². The number of carbonyl (C=O) groups is 2. The zero-order valence-corrected chi connectivity index (χ0v) is 16.3. The Balaban J connectivity index is 1.80. The molecule has 2 fully saturated rings. The van der Waals surface area contributed by atoms with Gasteiger partial charge in [0.2, 0.25) is 10.0 Å². The van der Waals surface area contributed by atoms with Gasteiger partial charge in [0, 0.05) is 25.2 Å². The van der Waals surface area contributed by atoms with Crippen molar-refractivity contribution in [3.8, 4) is 0 Å². The molecule has 2 atom stereocenters. The Morgan fingerprint density at radius 3 is 2.12 bits per heavy atom. The predicted molar refractivity (Wildman–Crippen MR) is 94.3 cm³/mol. The van der Waals surface area contributed by atoms with Gasteiger partial charge < -0.3 is 9.64 Å². The van der Waals surface area contributed by atoms with Gasteiger partial charge in [-0.2, -0.15) is 0 Å². The van der Waals surface area contributed by atoms with Gasteiger partial charge >= 0.3 is 5.97 Å². The first-order valence-electron chi connectivity index (χ1n) is 9.22. The van der Waals surface area contributed by atoms with Gasteiger partial charge in [-0.05, 0) is 52.9 Å². The van der Waals surface area contributed by atoms with Crippen molar-refractivity contribution in [2.24, 2.45) is 5.92 Å². The van der Waals surface area contributed by atoms with E-state index in [1.165, 1.54) is 4.31 Å². The van der Waals surface area contributed by atoms with E-state index >= 15 is 0 Å². The maximum atomic E-state index is 12.4. The van der Waals surface area contributed by atoms with Gasteiger partial charge in [0.1, 0.15) is 0 Å². The highest BCUT2D eigenvalue weighted by Gasteiger charge is 2.33. The molecule has 0 aromatic rings. The van der Waals surface area contributed by atoms with E-state index in [9.17, 15) is 18.0 Å². The summed E-state index contributed by atoms with van der Waals surface area (Å²) < 4.78 is 30.4. The zero-order valence-electron chi connectivity index (χ0n) is 15.4. The average Bonchev–Trinajstić information content (AvgIpc) is 2.59. The Hall–Kier alpha value is -1.15. The molecule has 2 aliphatic rings. The van der Waals surface area contributed by atoms with Crippen LogP contribution in [0, 0.1) is 5.92 Å². The van der Waals surface area contributed by atoms with Crippen LogP contribution in [0.25, 0.3) is 0 Å². The number of piperidine rings is 2. The first-order chi connectivity index (χ1) is 11.8. The van der Waals surface area contributed by atoms with Crippen LogP contribution in [0.3, 0.4) is 0 Å². The van der Waals surface area contributed by atoms with Crippen LogP contribution in [0.2, 0.25) is 0 Å². The molecule has 2 saturated heterocycles. The third-order valence-electron chi connectivity index (χ3n) is 5.36. The molecule has 144 valence electrons. The lowest BCUT2D eigenvalue weighted by Crippen LogP contribution is -2.49. The Morgan fingerprint density at radius 1 is 1.04 bits per heavy atom. The highest BCUT2D eigenvalue weighted by atomic mass is 32.2. The third-order valence-corrected chi connectivity index (χ3v) is 7.25. The van der Waals surface area contributed by atoms with Crippen molar-refractivity contribution in [3.63, 3.8) is 0 Å². The second-order valence-electron chi connectivity index (χ2n) is 7.11. The van der Waals surface area contributed by atoms with Crippen molar-refractivity contribution in [2.75, 3.05) is 25.4 Å². The second kappa shape index (κ2) is 8.49. The van der Waals surface area contributed by atoms with E-state index in [0.717, 1.165) is 19.3 Å². The maximum Gasteiger partial charge on any atom is 0.309 e. The minimum atomic E-state index is -3.20. The molecular weight excluding hydrogens is 344 g/mol. The number of ether oxygens (including phenoxy) is 1. The number of rotatable bonds is 5. The van der Waals surface area contributed by atoms with Crippen LogP contribution in [0.4, 0.5) is 0 Å². The fourth-order valence-corrected chi connectivity index (χ4v) is 4.92. The zero-order chi connectivity index (χ0) is 18.6. The molecule has 0 aromatic carbocycles. The SMILES string of the molecule is CCS(=O)(=O)N1CCC(C(=O)OCC(=O)N2C(C)CCCC2C)CC1. The number of carbonyl (C=O) groups excluding carboxylic acids is 2. The normalized spacial score (nSPS) is 26.4. The quantitative estimate of drug-likeness (QED) is 0.679. The number of likely N-dealkylation sites (tertiary alicyclic amines) is 1. The predicted octanol–water partition coefficient (Wildman–Crippen LogP) is 1.38. The van der Waals surface area contributed by atoms with Gasteiger partial charge in [-0.15, -0.1) is 0 Å². The molecule has 25 heavy (non-hydrogen) atoms. The topological polar surface area (TPSA) is 84.0 Å². The molecule has 0 aliphatic carbocycles. The van der Waals surface area contributed by atoms with E-state index in [-0.39, 0.29) is 42.2 Å². The summed E-state index contributed by atoms with van der Waals surface area (Å²) in [5.74, 6) is -0.784. The summed E-state index contributed by atoms with van der Waals surface area (Å²) in [6.45, 7) is 6.12.